The highest BCUT2D eigenvalue weighted by atomic mass is 35.5. The molecule has 0 aliphatic heterocycles. The molecule has 0 fully saturated rings. The lowest BCUT2D eigenvalue weighted by atomic mass is 10.0. The van der Waals surface area contributed by atoms with Crippen LogP contribution >= 0.6 is 11.6 Å². The summed E-state index contributed by atoms with van der Waals surface area (Å²) in [6.07, 6.45) is 4.06. The van der Waals surface area contributed by atoms with Gasteiger partial charge in [0, 0.05) is 11.2 Å². The number of hydrogen-bond acceptors (Lipinski definition) is 1. The summed E-state index contributed by atoms with van der Waals surface area (Å²) >= 11 is 5.81. The molecule has 0 aliphatic carbocycles. The first-order chi connectivity index (χ1) is 7.63. The van der Waals surface area contributed by atoms with E-state index in [9.17, 15) is 0 Å². The van der Waals surface area contributed by atoms with E-state index >= 15 is 0 Å². The Morgan fingerprint density at radius 2 is 1.94 bits per heavy atom. The van der Waals surface area contributed by atoms with Crippen LogP contribution in [0.2, 0.25) is 5.02 Å². The second kappa shape index (κ2) is 6.49. The van der Waals surface area contributed by atoms with Gasteiger partial charge in [-0.05, 0) is 36.1 Å². The van der Waals surface area contributed by atoms with Crippen LogP contribution in [-0.2, 0) is 6.54 Å². The smallest absolute Gasteiger partial charge is 0.0639 e. The van der Waals surface area contributed by atoms with E-state index in [0.29, 0.717) is 12.5 Å². The first-order valence-electron chi connectivity index (χ1n) is 5.54. The van der Waals surface area contributed by atoms with Gasteiger partial charge in [0.05, 0.1) is 6.54 Å². The second-order valence-corrected chi connectivity index (χ2v) is 4.48. The first-order valence-corrected chi connectivity index (χ1v) is 5.91. The Bertz CT molecular complexity index is 374. The van der Waals surface area contributed by atoms with Gasteiger partial charge < -0.3 is 0 Å². The molecule has 0 saturated heterocycles. The lowest BCUT2D eigenvalue weighted by Crippen LogP contribution is -1.95. The zero-order valence-corrected chi connectivity index (χ0v) is 10.8. The molecule has 1 aromatic rings. The van der Waals surface area contributed by atoms with E-state index in [2.05, 4.69) is 24.9 Å². The van der Waals surface area contributed by atoms with Crippen LogP contribution in [0.3, 0.4) is 0 Å². The monoisotopic (exact) mass is 235 g/mol. The summed E-state index contributed by atoms with van der Waals surface area (Å²) in [5, 5.41) is 0.768. The third-order valence-electron chi connectivity index (χ3n) is 2.43. The normalized spacial score (nSPS) is 12.7. The number of allylic oxidation sites excluding steroid dienone is 2. The summed E-state index contributed by atoms with van der Waals surface area (Å²) in [5.41, 5.74) is 2.45. The molecule has 2 heteroatoms. The minimum Gasteiger partial charge on any atom is -0.288 e. The van der Waals surface area contributed by atoms with Crippen molar-refractivity contribution in [2.45, 2.75) is 27.3 Å². The van der Waals surface area contributed by atoms with Crippen LogP contribution in [-0.4, -0.2) is 6.21 Å². The highest BCUT2D eigenvalue weighted by Gasteiger charge is 1.97. The third kappa shape index (κ3) is 4.19. The van der Waals surface area contributed by atoms with Crippen molar-refractivity contribution in [2.75, 3.05) is 0 Å². The minimum absolute atomic E-state index is 0.527. The summed E-state index contributed by atoms with van der Waals surface area (Å²) < 4.78 is 0. The second-order valence-electron chi connectivity index (χ2n) is 4.04. The minimum atomic E-state index is 0.527. The fraction of sp³-hybridized carbons (Fsp3) is 0.357. The van der Waals surface area contributed by atoms with E-state index < -0.39 is 0 Å². The maximum absolute atomic E-state index is 5.81. The van der Waals surface area contributed by atoms with Crippen molar-refractivity contribution in [3.63, 3.8) is 0 Å². The van der Waals surface area contributed by atoms with Gasteiger partial charge in [0.25, 0.3) is 0 Å². The third-order valence-corrected chi connectivity index (χ3v) is 2.68. The van der Waals surface area contributed by atoms with Crippen molar-refractivity contribution in [3.05, 3.63) is 46.5 Å². The van der Waals surface area contributed by atoms with Gasteiger partial charge in [-0.1, -0.05) is 43.7 Å². The van der Waals surface area contributed by atoms with E-state index in [0.717, 1.165) is 5.02 Å². The van der Waals surface area contributed by atoms with E-state index in [4.69, 9.17) is 11.6 Å². The molecule has 1 aromatic carbocycles. The topological polar surface area (TPSA) is 12.4 Å². The SMILES string of the molecule is C/C=C(\C=NCc1ccc(Cl)cc1)C(C)C. The molecule has 0 aromatic heterocycles. The quantitative estimate of drug-likeness (QED) is 0.681. The standard InChI is InChI=1S/C14H18ClN/c1-4-13(11(2)3)10-16-9-12-5-7-14(15)8-6-12/h4-8,10-11H,9H2,1-3H3/b13-4+,16-10?. The Morgan fingerprint density at radius 1 is 1.31 bits per heavy atom. The van der Waals surface area contributed by atoms with Gasteiger partial charge in [-0.2, -0.15) is 0 Å². The van der Waals surface area contributed by atoms with Gasteiger partial charge in [0.1, 0.15) is 0 Å². The Labute approximate surface area is 103 Å². The number of benzene rings is 1. The summed E-state index contributed by atoms with van der Waals surface area (Å²) in [5.74, 6) is 0.527. The van der Waals surface area contributed by atoms with Crippen molar-refractivity contribution in [2.24, 2.45) is 10.9 Å². The number of aliphatic imine (C=N–C) groups is 1. The van der Waals surface area contributed by atoms with E-state index in [1.54, 1.807) is 0 Å². The molecular weight excluding hydrogens is 218 g/mol. The first kappa shape index (κ1) is 13.0. The zero-order chi connectivity index (χ0) is 12.0. The summed E-state index contributed by atoms with van der Waals surface area (Å²) in [6.45, 7) is 7.10. The van der Waals surface area contributed by atoms with E-state index in [1.165, 1.54) is 11.1 Å². The highest BCUT2D eigenvalue weighted by molar-refractivity contribution is 6.30. The Balaban J connectivity index is 2.57. The van der Waals surface area contributed by atoms with Crippen LogP contribution in [0.4, 0.5) is 0 Å². The number of hydrogen-bond donors (Lipinski definition) is 0. The largest absolute Gasteiger partial charge is 0.288 e. The molecule has 0 radical (unpaired) electrons. The Morgan fingerprint density at radius 3 is 2.44 bits per heavy atom. The molecule has 1 rings (SSSR count). The van der Waals surface area contributed by atoms with E-state index in [-0.39, 0.29) is 0 Å². The molecule has 0 unspecified atom stereocenters. The van der Waals surface area contributed by atoms with Crippen molar-refractivity contribution in [1.82, 2.24) is 0 Å². The molecule has 1 nitrogen and oxygen atoms in total. The fourth-order valence-electron chi connectivity index (χ4n) is 1.40. The van der Waals surface area contributed by atoms with Gasteiger partial charge in [-0.3, -0.25) is 4.99 Å². The molecule has 0 N–H and O–H groups in total. The van der Waals surface area contributed by atoms with Gasteiger partial charge in [0.15, 0.2) is 0 Å². The Kier molecular flexibility index (Phi) is 5.27. The fourth-order valence-corrected chi connectivity index (χ4v) is 1.53. The molecular formula is C14H18ClN. The maximum Gasteiger partial charge on any atom is 0.0639 e. The van der Waals surface area contributed by atoms with Crippen LogP contribution in [0.1, 0.15) is 26.3 Å². The van der Waals surface area contributed by atoms with Crippen molar-refractivity contribution >= 4 is 17.8 Å². The zero-order valence-electron chi connectivity index (χ0n) is 10.1. The number of rotatable bonds is 4. The molecule has 16 heavy (non-hydrogen) atoms. The van der Waals surface area contributed by atoms with E-state index in [1.807, 2.05) is 37.4 Å². The van der Waals surface area contributed by atoms with Crippen LogP contribution in [0.25, 0.3) is 0 Å². The summed E-state index contributed by atoms with van der Waals surface area (Å²) in [4.78, 5) is 4.43. The Hall–Kier alpha value is -1.08. The molecule has 0 saturated carbocycles. The molecule has 0 heterocycles. The van der Waals surface area contributed by atoms with Crippen molar-refractivity contribution in [3.8, 4) is 0 Å². The average molecular weight is 236 g/mol. The maximum atomic E-state index is 5.81. The molecule has 86 valence electrons. The van der Waals surface area contributed by atoms with Gasteiger partial charge in [-0.15, -0.1) is 0 Å². The predicted octanol–water partition coefficient (Wildman–Crippen LogP) is 4.51. The van der Waals surface area contributed by atoms with Crippen molar-refractivity contribution in [1.29, 1.82) is 0 Å². The molecule has 0 bridgehead atoms. The van der Waals surface area contributed by atoms with Gasteiger partial charge >= 0.3 is 0 Å². The number of nitrogens with zero attached hydrogens (tertiary/aromatic N) is 1. The van der Waals surface area contributed by atoms with Gasteiger partial charge in [-0.25, -0.2) is 0 Å². The van der Waals surface area contributed by atoms with Gasteiger partial charge in [0.2, 0.25) is 0 Å². The lowest BCUT2D eigenvalue weighted by molar-refractivity contribution is 0.803. The van der Waals surface area contributed by atoms with Crippen LogP contribution in [0.15, 0.2) is 40.9 Å². The average Bonchev–Trinajstić information content (AvgIpc) is 2.26. The molecule has 0 atom stereocenters. The van der Waals surface area contributed by atoms with Crippen LogP contribution in [0.5, 0.6) is 0 Å². The summed E-state index contributed by atoms with van der Waals surface area (Å²) in [7, 11) is 0. The highest BCUT2D eigenvalue weighted by Crippen LogP contribution is 2.11. The van der Waals surface area contributed by atoms with Crippen LogP contribution in [0, 0.1) is 5.92 Å². The molecule has 0 aliphatic rings. The predicted molar refractivity (Wildman–Crippen MR) is 72.2 cm³/mol. The molecule has 0 amide bonds. The van der Waals surface area contributed by atoms with Crippen LogP contribution < -0.4 is 0 Å². The molecule has 0 spiro atoms. The lowest BCUT2D eigenvalue weighted by Gasteiger charge is -2.04. The van der Waals surface area contributed by atoms with Crippen molar-refractivity contribution < 1.29 is 0 Å². The number of halogens is 1. The summed E-state index contributed by atoms with van der Waals surface area (Å²) in [6, 6.07) is 7.80.